The Hall–Kier alpha value is -1.78. The first-order chi connectivity index (χ1) is 9.26. The molecule has 0 bridgehead atoms. The molecule has 0 radical (unpaired) electrons. The zero-order chi connectivity index (χ0) is 13.2. The molecule has 0 unspecified atom stereocenters. The van der Waals surface area contributed by atoms with Crippen LogP contribution in [0.4, 0.5) is 0 Å². The van der Waals surface area contributed by atoms with Crippen LogP contribution in [0.15, 0.2) is 35.7 Å². The van der Waals surface area contributed by atoms with E-state index in [9.17, 15) is 0 Å². The molecule has 19 heavy (non-hydrogen) atoms. The minimum Gasteiger partial charge on any atom is -0.314 e. The third kappa shape index (κ3) is 2.50. The van der Waals surface area contributed by atoms with Gasteiger partial charge in [-0.2, -0.15) is 0 Å². The number of hydrogen-bond acceptors (Lipinski definition) is 4. The van der Waals surface area contributed by atoms with E-state index in [1.807, 2.05) is 20.0 Å². The lowest BCUT2D eigenvalue weighted by Crippen LogP contribution is -2.04. The normalized spacial score (nSPS) is 11.1. The lowest BCUT2D eigenvalue weighted by Gasteiger charge is -2.01. The number of rotatable bonds is 3. The van der Waals surface area contributed by atoms with Crippen molar-refractivity contribution in [1.82, 2.24) is 15.3 Å². The molecule has 1 aromatic carbocycles. The number of nitrogens with zero attached hydrogens (tertiary/aromatic N) is 2. The summed E-state index contributed by atoms with van der Waals surface area (Å²) in [6.45, 7) is 2.82. The summed E-state index contributed by atoms with van der Waals surface area (Å²) in [6.07, 6.45) is 0. The van der Waals surface area contributed by atoms with Crippen molar-refractivity contribution in [2.24, 2.45) is 0 Å². The predicted octanol–water partition coefficient (Wildman–Crippen LogP) is 3.39. The summed E-state index contributed by atoms with van der Waals surface area (Å²) in [7, 11) is 1.93. The molecule has 1 N–H and O–H groups in total. The van der Waals surface area contributed by atoms with Gasteiger partial charge in [0.2, 0.25) is 0 Å². The highest BCUT2D eigenvalue weighted by atomic mass is 32.1. The van der Waals surface area contributed by atoms with E-state index in [1.165, 1.54) is 0 Å². The quantitative estimate of drug-likeness (QED) is 0.792. The Balaban J connectivity index is 2.02. The molecule has 2 aromatic heterocycles. The van der Waals surface area contributed by atoms with Gasteiger partial charge >= 0.3 is 0 Å². The van der Waals surface area contributed by atoms with Crippen LogP contribution < -0.4 is 5.32 Å². The van der Waals surface area contributed by atoms with Crippen LogP contribution in [-0.2, 0) is 6.54 Å². The lowest BCUT2D eigenvalue weighted by atomic mass is 10.1. The number of pyridine rings is 1. The zero-order valence-corrected chi connectivity index (χ0v) is 11.8. The molecule has 0 saturated heterocycles. The number of nitrogens with one attached hydrogen (secondary N) is 1. The molecule has 0 aliphatic rings. The molecule has 3 nitrogen and oxygen atoms in total. The van der Waals surface area contributed by atoms with Gasteiger partial charge in [-0.25, -0.2) is 4.98 Å². The van der Waals surface area contributed by atoms with E-state index in [0.717, 1.165) is 39.4 Å². The molecule has 0 aliphatic heterocycles. The zero-order valence-electron chi connectivity index (χ0n) is 11.0. The number of thiazole rings is 1. The van der Waals surface area contributed by atoms with E-state index in [0.29, 0.717) is 0 Å². The smallest absolute Gasteiger partial charge is 0.123 e. The average molecular weight is 269 g/mol. The second kappa shape index (κ2) is 5.07. The van der Waals surface area contributed by atoms with Crippen molar-refractivity contribution in [3.63, 3.8) is 0 Å². The van der Waals surface area contributed by atoms with E-state index < -0.39 is 0 Å². The molecule has 0 atom stereocenters. The molecule has 3 aromatic rings. The fourth-order valence-electron chi connectivity index (χ4n) is 2.06. The fourth-order valence-corrected chi connectivity index (χ4v) is 2.88. The van der Waals surface area contributed by atoms with Crippen LogP contribution in [0.5, 0.6) is 0 Å². The summed E-state index contributed by atoms with van der Waals surface area (Å²) in [5.74, 6) is 0. The maximum absolute atomic E-state index is 4.63. The molecule has 0 fully saturated rings. The first kappa shape index (κ1) is 12.3. The van der Waals surface area contributed by atoms with Crippen LogP contribution in [0.2, 0.25) is 0 Å². The van der Waals surface area contributed by atoms with E-state index in [-0.39, 0.29) is 0 Å². The van der Waals surface area contributed by atoms with E-state index >= 15 is 0 Å². The molecule has 0 aliphatic carbocycles. The first-order valence-electron chi connectivity index (χ1n) is 6.23. The second-order valence-electron chi connectivity index (χ2n) is 4.53. The molecule has 96 valence electrons. The van der Waals surface area contributed by atoms with Crippen LogP contribution in [0.25, 0.3) is 21.5 Å². The van der Waals surface area contributed by atoms with E-state index in [1.54, 1.807) is 11.3 Å². The van der Waals surface area contributed by atoms with Crippen molar-refractivity contribution in [3.05, 3.63) is 47.1 Å². The van der Waals surface area contributed by atoms with Gasteiger partial charge in [-0.1, -0.05) is 6.07 Å². The van der Waals surface area contributed by atoms with Crippen LogP contribution >= 0.6 is 11.3 Å². The molecular weight excluding hydrogens is 254 g/mol. The van der Waals surface area contributed by atoms with Gasteiger partial charge in [0, 0.05) is 28.6 Å². The monoisotopic (exact) mass is 269 g/mol. The minimum absolute atomic E-state index is 0.810. The molecule has 3 rings (SSSR count). The third-order valence-electron chi connectivity index (χ3n) is 2.99. The summed E-state index contributed by atoms with van der Waals surface area (Å²) < 4.78 is 0. The Kier molecular flexibility index (Phi) is 3.27. The van der Waals surface area contributed by atoms with E-state index in [4.69, 9.17) is 0 Å². The average Bonchev–Trinajstić information content (AvgIpc) is 2.87. The molecule has 0 spiro atoms. The summed E-state index contributed by atoms with van der Waals surface area (Å²) in [5.41, 5.74) is 4.33. The highest BCUT2D eigenvalue weighted by Crippen LogP contribution is 2.26. The second-order valence-corrected chi connectivity index (χ2v) is 5.39. The molecule has 0 saturated carbocycles. The third-order valence-corrected chi connectivity index (χ3v) is 3.93. The Labute approximate surface area is 116 Å². The number of hydrogen-bond donors (Lipinski definition) is 1. The predicted molar refractivity (Wildman–Crippen MR) is 80.4 cm³/mol. The largest absolute Gasteiger partial charge is 0.314 e. The van der Waals surface area contributed by atoms with Gasteiger partial charge in [-0.15, -0.1) is 11.3 Å². The Bertz CT molecular complexity index is 718. The van der Waals surface area contributed by atoms with Crippen LogP contribution in [-0.4, -0.2) is 17.0 Å². The van der Waals surface area contributed by atoms with E-state index in [2.05, 4.69) is 44.9 Å². The minimum atomic E-state index is 0.810. The van der Waals surface area contributed by atoms with Crippen molar-refractivity contribution < 1.29 is 0 Å². The standard InChI is InChI=1S/C15H15N3S/c1-10-3-4-11-7-12(5-6-14(11)17-10)15-18-13(8-16-2)9-19-15/h3-7,9,16H,8H2,1-2H3. The summed E-state index contributed by atoms with van der Waals surface area (Å²) in [4.78, 5) is 9.15. The lowest BCUT2D eigenvalue weighted by molar-refractivity contribution is 0.798. The van der Waals surface area contributed by atoms with Gasteiger partial charge in [-0.3, -0.25) is 4.98 Å². The Morgan fingerprint density at radius 3 is 2.89 bits per heavy atom. The molecule has 0 amide bonds. The SMILES string of the molecule is CNCc1csc(-c2ccc3nc(C)ccc3c2)n1. The fraction of sp³-hybridized carbons (Fsp3) is 0.200. The van der Waals surface area contributed by atoms with Crippen molar-refractivity contribution in [1.29, 1.82) is 0 Å². The topological polar surface area (TPSA) is 37.8 Å². The van der Waals surface area contributed by atoms with Gasteiger partial charge in [0.05, 0.1) is 11.2 Å². The summed E-state index contributed by atoms with van der Waals surface area (Å²) >= 11 is 1.68. The van der Waals surface area contributed by atoms with Crippen LogP contribution in [0, 0.1) is 6.92 Å². The maximum atomic E-state index is 4.63. The van der Waals surface area contributed by atoms with Gasteiger partial charge in [0.1, 0.15) is 5.01 Å². The van der Waals surface area contributed by atoms with Crippen LogP contribution in [0.1, 0.15) is 11.4 Å². The summed E-state index contributed by atoms with van der Waals surface area (Å²) in [5, 5.41) is 7.44. The van der Waals surface area contributed by atoms with Gasteiger partial charge in [0.25, 0.3) is 0 Å². The van der Waals surface area contributed by atoms with Crippen molar-refractivity contribution in [2.75, 3.05) is 7.05 Å². The van der Waals surface area contributed by atoms with Gasteiger partial charge in [-0.05, 0) is 38.2 Å². The number of aryl methyl sites for hydroxylation is 1. The number of benzene rings is 1. The summed E-state index contributed by atoms with van der Waals surface area (Å²) in [6, 6.07) is 10.5. The molecule has 2 heterocycles. The first-order valence-corrected chi connectivity index (χ1v) is 7.11. The number of aromatic nitrogens is 2. The van der Waals surface area contributed by atoms with Gasteiger partial charge in [0.15, 0.2) is 0 Å². The van der Waals surface area contributed by atoms with Crippen LogP contribution in [0.3, 0.4) is 0 Å². The van der Waals surface area contributed by atoms with Crippen molar-refractivity contribution in [2.45, 2.75) is 13.5 Å². The highest BCUT2D eigenvalue weighted by Gasteiger charge is 2.05. The molecular formula is C15H15N3S. The Morgan fingerprint density at radius 2 is 2.05 bits per heavy atom. The van der Waals surface area contributed by atoms with Crippen molar-refractivity contribution >= 4 is 22.2 Å². The highest BCUT2D eigenvalue weighted by molar-refractivity contribution is 7.13. The van der Waals surface area contributed by atoms with Gasteiger partial charge < -0.3 is 5.32 Å². The van der Waals surface area contributed by atoms with Crippen molar-refractivity contribution in [3.8, 4) is 10.6 Å². The number of fused-ring (bicyclic) bond motifs is 1. The Morgan fingerprint density at radius 1 is 1.16 bits per heavy atom. The maximum Gasteiger partial charge on any atom is 0.123 e. The molecule has 4 heteroatoms.